The molecular formula is C30H28ClFN6O. The Morgan fingerprint density at radius 3 is 2.69 bits per heavy atom. The van der Waals surface area contributed by atoms with Crippen LogP contribution in [-0.2, 0) is 4.74 Å². The summed E-state index contributed by atoms with van der Waals surface area (Å²) in [4.78, 5) is 16.1. The number of fused-ring (bicyclic) bond motifs is 1. The van der Waals surface area contributed by atoms with Crippen LogP contribution < -0.4 is 0 Å². The molecule has 39 heavy (non-hydrogen) atoms. The van der Waals surface area contributed by atoms with Gasteiger partial charge in [0, 0.05) is 84.2 Å². The maximum Gasteiger partial charge on any atom is 0.160 e. The summed E-state index contributed by atoms with van der Waals surface area (Å²) in [6, 6.07) is 12.6. The van der Waals surface area contributed by atoms with Gasteiger partial charge in [0.1, 0.15) is 5.82 Å². The third-order valence-electron chi connectivity index (χ3n) is 7.32. The van der Waals surface area contributed by atoms with Crippen molar-refractivity contribution in [2.75, 3.05) is 33.4 Å². The van der Waals surface area contributed by atoms with Crippen molar-refractivity contribution in [3.63, 3.8) is 0 Å². The molecule has 1 saturated heterocycles. The molecule has 1 aliphatic heterocycles. The average molecular weight is 543 g/mol. The van der Waals surface area contributed by atoms with Crippen LogP contribution in [0.15, 0.2) is 73.4 Å². The summed E-state index contributed by atoms with van der Waals surface area (Å²) in [6.45, 7) is 3.81. The number of ether oxygens (including phenoxy) is 1. The Bertz CT molecular complexity index is 1610. The molecule has 6 rings (SSSR count). The first-order valence-corrected chi connectivity index (χ1v) is 13.4. The van der Waals surface area contributed by atoms with E-state index in [2.05, 4.69) is 36.8 Å². The third kappa shape index (κ3) is 5.41. The highest BCUT2D eigenvalue weighted by atomic mass is 35.5. The van der Waals surface area contributed by atoms with Crippen molar-refractivity contribution in [1.29, 1.82) is 0 Å². The summed E-state index contributed by atoms with van der Waals surface area (Å²) in [5.41, 5.74) is 5.04. The zero-order chi connectivity index (χ0) is 26.8. The molecule has 1 aliphatic rings. The van der Waals surface area contributed by atoms with E-state index in [-0.39, 0.29) is 0 Å². The Morgan fingerprint density at radius 1 is 1.00 bits per heavy atom. The molecule has 0 aliphatic carbocycles. The predicted octanol–water partition coefficient (Wildman–Crippen LogP) is 6.30. The number of hydrogen-bond acceptors (Lipinski definition) is 6. The lowest BCUT2D eigenvalue weighted by Crippen LogP contribution is -2.36. The maximum atomic E-state index is 14.8. The number of aromatic nitrogens is 5. The van der Waals surface area contributed by atoms with Gasteiger partial charge in [-0.25, -0.2) is 14.4 Å². The number of halogens is 2. The van der Waals surface area contributed by atoms with Crippen LogP contribution in [0.2, 0.25) is 5.02 Å². The zero-order valence-corrected chi connectivity index (χ0v) is 22.4. The second-order valence-electron chi connectivity index (χ2n) is 9.79. The van der Waals surface area contributed by atoms with Gasteiger partial charge in [-0.2, -0.15) is 5.10 Å². The van der Waals surface area contributed by atoms with E-state index in [0.29, 0.717) is 28.0 Å². The lowest BCUT2D eigenvalue weighted by molar-refractivity contribution is 0.119. The van der Waals surface area contributed by atoms with E-state index in [0.717, 1.165) is 66.7 Å². The minimum atomic E-state index is -0.392. The predicted molar refractivity (Wildman–Crippen MR) is 151 cm³/mol. The molecule has 0 bridgehead atoms. The normalized spacial score (nSPS) is 14.7. The van der Waals surface area contributed by atoms with E-state index in [1.165, 1.54) is 12.1 Å². The molecular weight excluding hydrogens is 515 g/mol. The van der Waals surface area contributed by atoms with Gasteiger partial charge in [-0.15, -0.1) is 0 Å². The van der Waals surface area contributed by atoms with Crippen LogP contribution in [0.5, 0.6) is 0 Å². The van der Waals surface area contributed by atoms with Crippen molar-refractivity contribution in [2.45, 2.75) is 18.9 Å². The topological polar surface area (TPSA) is 69.0 Å². The summed E-state index contributed by atoms with van der Waals surface area (Å²) in [5, 5.41) is 6.00. The van der Waals surface area contributed by atoms with Crippen LogP contribution in [0.4, 0.5) is 4.39 Å². The molecule has 4 aromatic heterocycles. The molecule has 9 heteroatoms. The van der Waals surface area contributed by atoms with Gasteiger partial charge in [0.2, 0.25) is 0 Å². The molecule has 198 valence electrons. The lowest BCUT2D eigenvalue weighted by atomic mass is 9.99. The summed E-state index contributed by atoms with van der Waals surface area (Å²) in [7, 11) is 1.74. The summed E-state index contributed by atoms with van der Waals surface area (Å²) in [6.07, 6.45) is 11.5. The largest absolute Gasteiger partial charge is 0.383 e. The van der Waals surface area contributed by atoms with Crippen molar-refractivity contribution in [1.82, 2.24) is 29.6 Å². The second-order valence-corrected chi connectivity index (χ2v) is 10.2. The highest BCUT2D eigenvalue weighted by Crippen LogP contribution is 2.35. The molecule has 0 unspecified atom stereocenters. The molecule has 7 nitrogen and oxygen atoms in total. The molecule has 0 radical (unpaired) electrons. The zero-order valence-electron chi connectivity index (χ0n) is 21.6. The first-order valence-electron chi connectivity index (χ1n) is 13.0. The molecule has 5 heterocycles. The van der Waals surface area contributed by atoms with Gasteiger partial charge in [-0.3, -0.25) is 9.67 Å². The van der Waals surface area contributed by atoms with Gasteiger partial charge in [-0.1, -0.05) is 11.6 Å². The van der Waals surface area contributed by atoms with E-state index < -0.39 is 5.82 Å². The van der Waals surface area contributed by atoms with Crippen molar-refractivity contribution >= 4 is 22.6 Å². The fraction of sp³-hybridized carbons (Fsp3) is 0.267. The van der Waals surface area contributed by atoms with Crippen LogP contribution in [0, 0.1) is 5.82 Å². The third-order valence-corrected chi connectivity index (χ3v) is 7.55. The maximum absolute atomic E-state index is 14.8. The number of methoxy groups -OCH3 is 1. The van der Waals surface area contributed by atoms with Gasteiger partial charge in [0.25, 0.3) is 0 Å². The van der Waals surface area contributed by atoms with E-state index in [9.17, 15) is 4.39 Å². The number of pyridine rings is 3. The number of hydrogen-bond donors (Lipinski definition) is 0. The van der Waals surface area contributed by atoms with Crippen LogP contribution in [0.25, 0.3) is 44.5 Å². The van der Waals surface area contributed by atoms with Crippen LogP contribution in [-0.4, -0.2) is 63.0 Å². The fourth-order valence-electron chi connectivity index (χ4n) is 5.19. The van der Waals surface area contributed by atoms with E-state index in [4.69, 9.17) is 21.4 Å². The summed E-state index contributed by atoms with van der Waals surface area (Å²) < 4.78 is 22.1. The van der Waals surface area contributed by atoms with Crippen LogP contribution in [0.1, 0.15) is 18.9 Å². The molecule has 0 N–H and O–H groups in total. The van der Waals surface area contributed by atoms with Crippen molar-refractivity contribution in [3.05, 3.63) is 84.3 Å². The van der Waals surface area contributed by atoms with Crippen LogP contribution in [0.3, 0.4) is 0 Å². The minimum Gasteiger partial charge on any atom is -0.383 e. The SMILES string of the molecule is COCCN1CCC(n2cc(-c3cncc(-c4cc(-c5cc(Cl)ccc5F)nc5ncccc45)c3)cn2)CC1. The molecule has 1 fully saturated rings. The molecule has 0 spiro atoms. The van der Waals surface area contributed by atoms with Gasteiger partial charge >= 0.3 is 0 Å². The van der Waals surface area contributed by atoms with E-state index in [1.807, 2.05) is 36.8 Å². The molecule has 0 atom stereocenters. The molecule has 1 aromatic carbocycles. The van der Waals surface area contributed by atoms with Gasteiger partial charge < -0.3 is 9.64 Å². The van der Waals surface area contributed by atoms with E-state index in [1.54, 1.807) is 19.4 Å². The minimum absolute atomic E-state index is 0.329. The van der Waals surface area contributed by atoms with Gasteiger partial charge in [-0.05, 0) is 60.9 Å². The summed E-state index contributed by atoms with van der Waals surface area (Å²) in [5.74, 6) is -0.392. The Balaban J connectivity index is 1.32. The number of nitrogens with zero attached hydrogens (tertiary/aromatic N) is 6. The summed E-state index contributed by atoms with van der Waals surface area (Å²) >= 11 is 6.18. The van der Waals surface area contributed by atoms with Crippen molar-refractivity contribution in [2.24, 2.45) is 0 Å². The molecule has 5 aromatic rings. The fourth-order valence-corrected chi connectivity index (χ4v) is 5.36. The quantitative estimate of drug-likeness (QED) is 0.240. The Kier molecular flexibility index (Phi) is 7.32. The van der Waals surface area contributed by atoms with Gasteiger partial charge in [0.15, 0.2) is 5.65 Å². The smallest absolute Gasteiger partial charge is 0.160 e. The van der Waals surface area contributed by atoms with Crippen LogP contribution >= 0.6 is 11.6 Å². The number of likely N-dealkylation sites (tertiary alicyclic amines) is 1. The van der Waals surface area contributed by atoms with Crippen molar-refractivity contribution in [3.8, 4) is 33.5 Å². The lowest BCUT2D eigenvalue weighted by Gasteiger charge is -2.31. The Hall–Kier alpha value is -3.72. The van der Waals surface area contributed by atoms with Crippen molar-refractivity contribution < 1.29 is 9.13 Å². The molecule has 0 amide bonds. The standard InChI is InChI=1S/C30H28ClFN6O/c1-39-12-11-37-9-6-24(7-10-37)38-19-22(18-35-38)20-13-21(17-33-16-20)26-15-29(27-14-23(31)4-5-28(27)32)36-30-25(26)3-2-8-34-30/h2-5,8,13-19,24H,6-7,9-12H2,1H3. The Labute approximate surface area is 231 Å². The number of benzene rings is 1. The number of rotatable bonds is 7. The van der Waals surface area contributed by atoms with E-state index >= 15 is 0 Å². The Morgan fingerprint density at radius 2 is 1.85 bits per heavy atom. The first kappa shape index (κ1) is 25.6. The first-order chi connectivity index (χ1) is 19.1. The van der Waals surface area contributed by atoms with Gasteiger partial charge in [0.05, 0.1) is 24.5 Å². The highest BCUT2D eigenvalue weighted by molar-refractivity contribution is 6.30. The molecule has 0 saturated carbocycles. The monoisotopic (exact) mass is 542 g/mol. The highest BCUT2D eigenvalue weighted by Gasteiger charge is 2.21. The number of piperidine rings is 1. The average Bonchev–Trinajstić information content (AvgIpc) is 3.48. The second kappa shape index (κ2) is 11.2.